The Balaban J connectivity index is 1.36. The number of hydrogen-bond donors (Lipinski definition) is 1. The van der Waals surface area contributed by atoms with Gasteiger partial charge in [0.1, 0.15) is 23.5 Å². The summed E-state index contributed by atoms with van der Waals surface area (Å²) in [6, 6.07) is 5.16. The molecule has 0 saturated heterocycles. The Bertz CT molecular complexity index is 1390. The third-order valence-corrected chi connectivity index (χ3v) is 5.89. The Morgan fingerprint density at radius 2 is 2.03 bits per heavy atom. The second kappa shape index (κ2) is 7.27. The molecule has 1 N–H and O–H groups in total. The molecule has 1 saturated carbocycles. The number of nitrogens with zero attached hydrogens (tertiary/aromatic N) is 6. The number of hydrogen-bond acceptors (Lipinski definition) is 7. The van der Waals surface area contributed by atoms with Crippen LogP contribution in [0.1, 0.15) is 41.4 Å². The fourth-order valence-corrected chi connectivity index (χ4v) is 4.07. The predicted octanol–water partition coefficient (Wildman–Crippen LogP) is 3.62. The van der Waals surface area contributed by atoms with E-state index >= 15 is 0 Å². The molecule has 1 aliphatic carbocycles. The van der Waals surface area contributed by atoms with Crippen molar-refractivity contribution < 1.29 is 9.13 Å². The van der Waals surface area contributed by atoms with E-state index in [1.54, 1.807) is 35.3 Å². The number of nitriles is 1. The average molecular weight is 427 g/mol. The number of fused-ring (bicyclic) bond motifs is 2. The fourth-order valence-electron chi connectivity index (χ4n) is 4.07. The number of ether oxygens (including phenoxy) is 1. The molecule has 4 aromatic rings. The normalized spacial score (nSPS) is 14.8. The van der Waals surface area contributed by atoms with Gasteiger partial charge in [0.2, 0.25) is 5.95 Å². The van der Waals surface area contributed by atoms with Crippen LogP contribution in [0.4, 0.5) is 10.3 Å². The lowest BCUT2D eigenvalue weighted by Gasteiger charge is -2.13. The van der Waals surface area contributed by atoms with Crippen molar-refractivity contribution >= 4 is 11.6 Å². The van der Waals surface area contributed by atoms with Gasteiger partial charge < -0.3 is 10.1 Å². The molecule has 0 bridgehead atoms. The molecule has 32 heavy (non-hydrogen) atoms. The number of anilines is 1. The van der Waals surface area contributed by atoms with Gasteiger partial charge in [-0.3, -0.25) is 4.40 Å². The molecule has 4 heterocycles. The molecule has 158 valence electrons. The van der Waals surface area contributed by atoms with Crippen molar-refractivity contribution in [2.45, 2.75) is 31.7 Å². The minimum Gasteiger partial charge on any atom is -0.493 e. The molecular weight excluding hydrogens is 409 g/mol. The van der Waals surface area contributed by atoms with Crippen molar-refractivity contribution in [2.75, 3.05) is 11.9 Å². The molecule has 0 atom stereocenters. The largest absolute Gasteiger partial charge is 0.493 e. The van der Waals surface area contributed by atoms with Crippen LogP contribution >= 0.6 is 0 Å². The summed E-state index contributed by atoms with van der Waals surface area (Å²) in [4.78, 5) is 17.9. The maximum absolute atomic E-state index is 14.5. The van der Waals surface area contributed by atoms with E-state index in [9.17, 15) is 9.65 Å². The number of halogens is 1. The van der Waals surface area contributed by atoms with Gasteiger partial charge in [0, 0.05) is 59.7 Å². The summed E-state index contributed by atoms with van der Waals surface area (Å²) >= 11 is 0. The van der Waals surface area contributed by atoms with Gasteiger partial charge in [-0.15, -0.1) is 0 Å². The predicted molar refractivity (Wildman–Crippen MR) is 114 cm³/mol. The van der Waals surface area contributed by atoms with Crippen molar-refractivity contribution in [3.63, 3.8) is 0 Å². The Morgan fingerprint density at radius 3 is 2.81 bits per heavy atom. The monoisotopic (exact) mass is 427 g/mol. The molecule has 2 aliphatic rings. The van der Waals surface area contributed by atoms with Crippen LogP contribution in [0.2, 0.25) is 0 Å². The van der Waals surface area contributed by atoms with Gasteiger partial charge in [-0.1, -0.05) is 0 Å². The first-order chi connectivity index (χ1) is 15.7. The highest BCUT2D eigenvalue weighted by Gasteiger charge is 2.26. The molecule has 8 nitrogen and oxygen atoms in total. The lowest BCUT2D eigenvalue weighted by Crippen LogP contribution is -2.09. The molecule has 0 spiro atoms. The Kier molecular flexibility index (Phi) is 4.24. The Morgan fingerprint density at radius 1 is 1.19 bits per heavy atom. The van der Waals surface area contributed by atoms with Crippen molar-refractivity contribution in [1.82, 2.24) is 24.3 Å². The lowest BCUT2D eigenvalue weighted by molar-refractivity contribution is 0.356. The van der Waals surface area contributed by atoms with Crippen LogP contribution in [0.5, 0.6) is 5.75 Å². The third kappa shape index (κ3) is 3.12. The van der Waals surface area contributed by atoms with Gasteiger partial charge in [0.25, 0.3) is 0 Å². The molecule has 0 radical (unpaired) electrons. The van der Waals surface area contributed by atoms with E-state index in [1.807, 2.05) is 0 Å². The van der Waals surface area contributed by atoms with Crippen molar-refractivity contribution in [2.24, 2.45) is 0 Å². The molecule has 0 amide bonds. The highest BCUT2D eigenvalue weighted by Crippen LogP contribution is 2.38. The minimum atomic E-state index is -0.286. The van der Waals surface area contributed by atoms with E-state index < -0.39 is 0 Å². The number of imidazole rings is 1. The van der Waals surface area contributed by atoms with Crippen molar-refractivity contribution in [1.29, 1.82) is 5.26 Å². The molecule has 1 fully saturated rings. The zero-order valence-corrected chi connectivity index (χ0v) is 17.0. The van der Waals surface area contributed by atoms with E-state index in [0.29, 0.717) is 36.1 Å². The van der Waals surface area contributed by atoms with Crippen LogP contribution in [0.15, 0.2) is 36.9 Å². The Hall–Kier alpha value is -4.06. The molecule has 3 aromatic heterocycles. The van der Waals surface area contributed by atoms with Crippen LogP contribution in [0, 0.1) is 17.1 Å². The first-order valence-electron chi connectivity index (χ1n) is 10.5. The zero-order chi connectivity index (χ0) is 21.7. The fraction of sp³-hybridized carbons (Fsp3) is 0.261. The molecular formula is C23H18FN7O. The second-order valence-electron chi connectivity index (χ2n) is 7.99. The van der Waals surface area contributed by atoms with Gasteiger partial charge in [0.15, 0.2) is 11.3 Å². The summed E-state index contributed by atoms with van der Waals surface area (Å²) in [6.45, 7) is 0.788. The smallest absolute Gasteiger partial charge is 0.208 e. The summed E-state index contributed by atoms with van der Waals surface area (Å²) in [5, 5.41) is 12.6. The van der Waals surface area contributed by atoms with Gasteiger partial charge >= 0.3 is 0 Å². The lowest BCUT2D eigenvalue weighted by atomic mass is 10.0. The second-order valence-corrected chi connectivity index (χ2v) is 7.99. The van der Waals surface area contributed by atoms with Gasteiger partial charge in [-0.2, -0.15) is 5.26 Å². The highest BCUT2D eigenvalue weighted by atomic mass is 19.1. The van der Waals surface area contributed by atoms with E-state index in [4.69, 9.17) is 4.74 Å². The molecule has 1 aliphatic heterocycles. The maximum atomic E-state index is 14.5. The maximum Gasteiger partial charge on any atom is 0.208 e. The summed E-state index contributed by atoms with van der Waals surface area (Å²) in [7, 11) is 0. The van der Waals surface area contributed by atoms with Crippen molar-refractivity contribution in [3.05, 3.63) is 65.4 Å². The summed E-state index contributed by atoms with van der Waals surface area (Å²) in [6.07, 6.45) is 9.77. The van der Waals surface area contributed by atoms with Crippen LogP contribution in [0.3, 0.4) is 0 Å². The summed E-state index contributed by atoms with van der Waals surface area (Å²) in [5.41, 5.74) is 3.75. The van der Waals surface area contributed by atoms with E-state index in [1.165, 1.54) is 6.07 Å². The van der Waals surface area contributed by atoms with Gasteiger partial charge in [-0.25, -0.2) is 24.3 Å². The molecule has 1 aromatic carbocycles. The van der Waals surface area contributed by atoms with Crippen LogP contribution in [-0.4, -0.2) is 30.9 Å². The number of nitrogens with one attached hydrogen (secondary N) is 1. The first-order valence-corrected chi connectivity index (χ1v) is 10.5. The topological polar surface area (TPSA) is 101 Å². The standard InChI is InChI=1S/C23H18FN7O/c24-19-3-4-20-16(5-6-32-20)18(19)11-29-23-28-10-17(22-30-15(7-25)12-31(22)23)14-8-26-21(27-9-14)13-1-2-13/h3-4,8-10,12-13H,1-2,5-6,11H2,(H,28,29). The zero-order valence-electron chi connectivity index (χ0n) is 17.0. The SMILES string of the molecule is N#Cc1cn2c(NCc3c(F)ccc4c3CCO4)ncc(-c3cnc(C4CC4)nc3)c2n1. The van der Waals surface area contributed by atoms with Crippen molar-refractivity contribution in [3.8, 4) is 22.9 Å². The van der Waals surface area contributed by atoms with Crippen LogP contribution in [-0.2, 0) is 13.0 Å². The minimum absolute atomic E-state index is 0.235. The van der Waals surface area contributed by atoms with E-state index in [2.05, 4.69) is 31.3 Å². The summed E-state index contributed by atoms with van der Waals surface area (Å²) in [5.74, 6) is 2.23. The highest BCUT2D eigenvalue weighted by molar-refractivity contribution is 5.77. The molecule has 9 heteroatoms. The van der Waals surface area contributed by atoms with Crippen LogP contribution in [0.25, 0.3) is 16.8 Å². The first kappa shape index (κ1) is 18.7. The Labute approximate surface area is 182 Å². The number of benzene rings is 1. The van der Waals surface area contributed by atoms with Gasteiger partial charge in [-0.05, 0) is 25.0 Å². The quantitative estimate of drug-likeness (QED) is 0.519. The van der Waals surface area contributed by atoms with Crippen LogP contribution < -0.4 is 10.1 Å². The van der Waals surface area contributed by atoms with E-state index in [0.717, 1.165) is 41.1 Å². The molecule has 0 unspecified atom stereocenters. The average Bonchev–Trinajstić information content (AvgIpc) is 3.39. The molecule has 6 rings (SSSR count). The third-order valence-electron chi connectivity index (χ3n) is 5.89. The number of rotatable bonds is 5. The number of aromatic nitrogens is 5. The van der Waals surface area contributed by atoms with Gasteiger partial charge in [0.05, 0.1) is 12.8 Å². The van der Waals surface area contributed by atoms with E-state index in [-0.39, 0.29) is 18.1 Å². The summed E-state index contributed by atoms with van der Waals surface area (Å²) < 4.78 is 21.8.